The fourth-order valence-electron chi connectivity index (χ4n) is 2.38. The van der Waals surface area contributed by atoms with Crippen molar-refractivity contribution in [2.24, 2.45) is 7.05 Å². The van der Waals surface area contributed by atoms with Crippen LogP contribution in [-0.4, -0.2) is 14.8 Å². The largest absolute Gasteiger partial charge is 0.396 e. The number of aromatic nitrogens is 3. The van der Waals surface area contributed by atoms with Gasteiger partial charge in [0.1, 0.15) is 0 Å². The van der Waals surface area contributed by atoms with Crippen LogP contribution in [0.1, 0.15) is 11.3 Å². The molecule has 0 bridgehead atoms. The van der Waals surface area contributed by atoms with Crippen LogP contribution < -0.4 is 5.73 Å². The van der Waals surface area contributed by atoms with E-state index in [1.165, 1.54) is 16.5 Å². The monoisotopic (exact) mass is 240 g/mol. The molecule has 0 atom stereocenters. The number of aromatic amines is 1. The highest BCUT2D eigenvalue weighted by Gasteiger charge is 2.08. The van der Waals surface area contributed by atoms with Crippen molar-refractivity contribution in [3.8, 4) is 0 Å². The zero-order valence-corrected chi connectivity index (χ0v) is 10.4. The maximum absolute atomic E-state index is 5.90. The van der Waals surface area contributed by atoms with Gasteiger partial charge in [-0.2, -0.15) is 5.10 Å². The van der Waals surface area contributed by atoms with Gasteiger partial charge in [-0.15, -0.1) is 0 Å². The lowest BCUT2D eigenvalue weighted by Crippen LogP contribution is -2.02. The first-order valence-corrected chi connectivity index (χ1v) is 6.07. The van der Waals surface area contributed by atoms with Crippen molar-refractivity contribution in [3.63, 3.8) is 0 Å². The predicted octanol–water partition coefficient (Wildman–Crippen LogP) is 2.27. The van der Waals surface area contributed by atoms with Crippen LogP contribution >= 0.6 is 0 Å². The first-order chi connectivity index (χ1) is 8.75. The molecule has 0 saturated carbocycles. The lowest BCUT2D eigenvalue weighted by atomic mass is 10.1. The molecule has 0 aliphatic carbocycles. The zero-order valence-electron chi connectivity index (χ0n) is 10.4. The third-order valence-electron chi connectivity index (χ3n) is 3.40. The van der Waals surface area contributed by atoms with Crippen molar-refractivity contribution in [2.45, 2.75) is 12.8 Å². The van der Waals surface area contributed by atoms with Gasteiger partial charge < -0.3 is 10.7 Å². The summed E-state index contributed by atoms with van der Waals surface area (Å²) in [6, 6.07) is 8.35. The Kier molecular flexibility index (Phi) is 2.55. The average molecular weight is 240 g/mol. The minimum Gasteiger partial charge on any atom is -0.396 e. The van der Waals surface area contributed by atoms with E-state index in [-0.39, 0.29) is 0 Å². The van der Waals surface area contributed by atoms with Crippen LogP contribution in [0.5, 0.6) is 0 Å². The van der Waals surface area contributed by atoms with E-state index in [1.54, 1.807) is 6.20 Å². The number of hydrogen-bond acceptors (Lipinski definition) is 2. The van der Waals surface area contributed by atoms with Crippen LogP contribution in [-0.2, 0) is 19.9 Å². The number of nitrogens with two attached hydrogens (primary N) is 1. The second-order valence-corrected chi connectivity index (χ2v) is 4.53. The van der Waals surface area contributed by atoms with Crippen LogP contribution in [0.25, 0.3) is 10.9 Å². The molecule has 0 spiro atoms. The summed E-state index contributed by atoms with van der Waals surface area (Å²) in [5.74, 6) is 0. The molecule has 0 aliphatic heterocycles. The topological polar surface area (TPSA) is 59.6 Å². The maximum atomic E-state index is 5.90. The molecule has 0 saturated heterocycles. The van der Waals surface area contributed by atoms with E-state index in [1.807, 2.05) is 17.8 Å². The van der Waals surface area contributed by atoms with Crippen molar-refractivity contribution in [1.82, 2.24) is 14.8 Å². The smallest absolute Gasteiger partial charge is 0.0733 e. The summed E-state index contributed by atoms with van der Waals surface area (Å²) in [5.41, 5.74) is 10.3. The predicted molar refractivity (Wildman–Crippen MR) is 73.3 cm³/mol. The van der Waals surface area contributed by atoms with Crippen LogP contribution in [0.15, 0.2) is 36.7 Å². The van der Waals surface area contributed by atoms with Crippen LogP contribution in [0.2, 0.25) is 0 Å². The molecule has 3 aromatic rings. The first-order valence-electron chi connectivity index (χ1n) is 6.07. The Morgan fingerprint density at radius 3 is 2.89 bits per heavy atom. The van der Waals surface area contributed by atoms with Gasteiger partial charge in [-0.3, -0.25) is 4.68 Å². The van der Waals surface area contributed by atoms with Crippen molar-refractivity contribution in [1.29, 1.82) is 0 Å². The Hall–Kier alpha value is -2.23. The molecule has 0 radical (unpaired) electrons. The Labute approximate surface area is 105 Å². The summed E-state index contributed by atoms with van der Waals surface area (Å²) in [7, 11) is 1.93. The van der Waals surface area contributed by atoms with Crippen molar-refractivity contribution in [2.75, 3.05) is 5.73 Å². The second-order valence-electron chi connectivity index (χ2n) is 4.53. The number of nitrogen functional groups attached to an aromatic ring is 1. The SMILES string of the molecule is Cn1ncc(N)c1CCc1c[nH]c2ccccc12. The Morgan fingerprint density at radius 2 is 2.11 bits per heavy atom. The number of H-pyrrole nitrogens is 1. The summed E-state index contributed by atoms with van der Waals surface area (Å²) in [5, 5.41) is 5.45. The quantitative estimate of drug-likeness (QED) is 0.737. The second kappa shape index (κ2) is 4.22. The van der Waals surface area contributed by atoms with E-state index >= 15 is 0 Å². The molecule has 4 nitrogen and oxygen atoms in total. The van der Waals surface area contributed by atoms with Gasteiger partial charge >= 0.3 is 0 Å². The minimum absolute atomic E-state index is 0.775. The van der Waals surface area contributed by atoms with E-state index in [0.29, 0.717) is 0 Å². The van der Waals surface area contributed by atoms with Crippen molar-refractivity contribution in [3.05, 3.63) is 47.9 Å². The molecule has 0 amide bonds. The molecular weight excluding hydrogens is 224 g/mol. The number of anilines is 1. The van der Waals surface area contributed by atoms with Gasteiger partial charge in [0.25, 0.3) is 0 Å². The lowest BCUT2D eigenvalue weighted by molar-refractivity contribution is 0.705. The highest BCUT2D eigenvalue weighted by atomic mass is 15.3. The molecule has 3 N–H and O–H groups in total. The van der Waals surface area contributed by atoms with Crippen molar-refractivity contribution < 1.29 is 0 Å². The van der Waals surface area contributed by atoms with Crippen LogP contribution in [0, 0.1) is 0 Å². The van der Waals surface area contributed by atoms with E-state index < -0.39 is 0 Å². The number of benzene rings is 1. The Bertz CT molecular complexity index is 658. The summed E-state index contributed by atoms with van der Waals surface area (Å²) in [6.45, 7) is 0. The first kappa shape index (κ1) is 10.9. The van der Waals surface area contributed by atoms with Gasteiger partial charge in [-0.25, -0.2) is 0 Å². The molecule has 4 heteroatoms. The van der Waals surface area contributed by atoms with Crippen LogP contribution in [0.4, 0.5) is 5.69 Å². The van der Waals surface area contributed by atoms with E-state index in [9.17, 15) is 0 Å². The Morgan fingerprint density at radius 1 is 1.28 bits per heavy atom. The number of hydrogen-bond donors (Lipinski definition) is 2. The normalized spacial score (nSPS) is 11.2. The molecule has 0 unspecified atom stereocenters. The number of aryl methyl sites for hydroxylation is 2. The fraction of sp³-hybridized carbons (Fsp3) is 0.214. The number of fused-ring (bicyclic) bond motifs is 1. The maximum Gasteiger partial charge on any atom is 0.0733 e. The summed E-state index contributed by atoms with van der Waals surface area (Å²) < 4.78 is 1.85. The van der Waals surface area contributed by atoms with Gasteiger partial charge in [-0.1, -0.05) is 18.2 Å². The molecule has 3 rings (SSSR count). The molecule has 18 heavy (non-hydrogen) atoms. The zero-order chi connectivity index (χ0) is 12.5. The number of para-hydroxylation sites is 1. The number of rotatable bonds is 3. The molecule has 0 aliphatic rings. The van der Waals surface area contributed by atoms with Gasteiger partial charge in [-0.05, 0) is 24.5 Å². The van der Waals surface area contributed by atoms with Gasteiger partial charge in [0, 0.05) is 24.1 Å². The molecule has 1 aromatic carbocycles. The van der Waals surface area contributed by atoms with Gasteiger partial charge in [0.2, 0.25) is 0 Å². The molecular formula is C14H16N4. The third kappa shape index (κ3) is 1.76. The summed E-state index contributed by atoms with van der Waals surface area (Å²) >= 11 is 0. The summed E-state index contributed by atoms with van der Waals surface area (Å²) in [6.07, 6.45) is 5.67. The molecule has 2 heterocycles. The standard InChI is InChI=1S/C14H16N4/c1-18-14(12(15)9-17-18)7-6-10-8-16-13-5-3-2-4-11(10)13/h2-5,8-9,16H,6-7,15H2,1H3. The van der Waals surface area contributed by atoms with Gasteiger partial charge in [0.05, 0.1) is 17.6 Å². The highest BCUT2D eigenvalue weighted by molar-refractivity contribution is 5.83. The molecule has 92 valence electrons. The van der Waals surface area contributed by atoms with Gasteiger partial charge in [0.15, 0.2) is 0 Å². The summed E-state index contributed by atoms with van der Waals surface area (Å²) in [4.78, 5) is 3.29. The minimum atomic E-state index is 0.775. The average Bonchev–Trinajstić information content (AvgIpc) is 2.93. The Balaban J connectivity index is 1.85. The van der Waals surface area contributed by atoms with E-state index in [4.69, 9.17) is 5.73 Å². The molecule has 2 aromatic heterocycles. The third-order valence-corrected chi connectivity index (χ3v) is 3.40. The van der Waals surface area contributed by atoms with E-state index in [0.717, 1.165) is 24.2 Å². The number of nitrogens with one attached hydrogen (secondary N) is 1. The lowest BCUT2D eigenvalue weighted by Gasteiger charge is -2.03. The van der Waals surface area contributed by atoms with Crippen molar-refractivity contribution >= 4 is 16.6 Å². The highest BCUT2D eigenvalue weighted by Crippen LogP contribution is 2.20. The van der Waals surface area contributed by atoms with Crippen LogP contribution in [0.3, 0.4) is 0 Å². The molecule has 0 fully saturated rings. The van der Waals surface area contributed by atoms with E-state index in [2.05, 4.69) is 34.5 Å². The number of nitrogens with zero attached hydrogens (tertiary/aromatic N) is 2. The fourth-order valence-corrected chi connectivity index (χ4v) is 2.38.